The third-order valence-electron chi connectivity index (χ3n) is 3.22. The SMILES string of the molecule is CCC(C)Nc1nc(NC)nc(SCC(=O)Nc2ccccc2)n1. The number of carbonyl (C=O) groups excluding carboxylic acids is 1. The number of rotatable bonds is 8. The van der Waals surface area contributed by atoms with Gasteiger partial charge in [-0.1, -0.05) is 36.9 Å². The third-order valence-corrected chi connectivity index (χ3v) is 4.06. The van der Waals surface area contributed by atoms with Gasteiger partial charge in [0.05, 0.1) is 5.75 Å². The number of carbonyl (C=O) groups is 1. The van der Waals surface area contributed by atoms with Crippen molar-refractivity contribution in [2.24, 2.45) is 0 Å². The van der Waals surface area contributed by atoms with Crippen molar-refractivity contribution in [2.75, 3.05) is 28.8 Å². The molecule has 2 rings (SSSR count). The third kappa shape index (κ3) is 5.69. The molecular weight excluding hydrogens is 324 g/mol. The van der Waals surface area contributed by atoms with E-state index in [1.54, 1.807) is 7.05 Å². The number of anilines is 3. The van der Waals surface area contributed by atoms with E-state index in [0.717, 1.165) is 12.1 Å². The summed E-state index contributed by atoms with van der Waals surface area (Å²) in [6, 6.07) is 9.61. The molecule has 0 saturated carbocycles. The first-order valence-electron chi connectivity index (χ1n) is 7.78. The predicted molar refractivity (Wildman–Crippen MR) is 98.5 cm³/mol. The lowest BCUT2D eigenvalue weighted by molar-refractivity contribution is -0.113. The second-order valence-electron chi connectivity index (χ2n) is 5.17. The Labute approximate surface area is 146 Å². The van der Waals surface area contributed by atoms with Crippen LogP contribution in [0.4, 0.5) is 17.6 Å². The van der Waals surface area contributed by atoms with Crippen LogP contribution in [0.2, 0.25) is 0 Å². The van der Waals surface area contributed by atoms with Gasteiger partial charge in [-0.25, -0.2) is 0 Å². The van der Waals surface area contributed by atoms with Crippen molar-refractivity contribution in [3.8, 4) is 0 Å². The van der Waals surface area contributed by atoms with Gasteiger partial charge in [-0.15, -0.1) is 0 Å². The van der Waals surface area contributed by atoms with E-state index in [1.807, 2.05) is 30.3 Å². The van der Waals surface area contributed by atoms with Gasteiger partial charge in [-0.3, -0.25) is 4.79 Å². The average molecular weight is 346 g/mol. The molecule has 0 saturated heterocycles. The van der Waals surface area contributed by atoms with Crippen LogP contribution in [-0.2, 0) is 4.79 Å². The number of hydrogen-bond donors (Lipinski definition) is 3. The molecule has 1 amide bonds. The van der Waals surface area contributed by atoms with Crippen molar-refractivity contribution in [2.45, 2.75) is 31.5 Å². The second-order valence-corrected chi connectivity index (χ2v) is 6.11. The number of thioether (sulfide) groups is 1. The maximum atomic E-state index is 12.0. The Morgan fingerprint density at radius 1 is 1.17 bits per heavy atom. The first kappa shape index (κ1) is 18.0. The van der Waals surface area contributed by atoms with Gasteiger partial charge in [-0.2, -0.15) is 15.0 Å². The minimum absolute atomic E-state index is 0.103. The van der Waals surface area contributed by atoms with E-state index in [2.05, 4.69) is 44.7 Å². The number of nitrogens with zero attached hydrogens (tertiary/aromatic N) is 3. The Balaban J connectivity index is 1.98. The van der Waals surface area contributed by atoms with Crippen molar-refractivity contribution >= 4 is 35.3 Å². The molecule has 7 nitrogen and oxygen atoms in total. The predicted octanol–water partition coefficient (Wildman–Crippen LogP) is 2.85. The van der Waals surface area contributed by atoms with Crippen LogP contribution in [0, 0.1) is 0 Å². The highest BCUT2D eigenvalue weighted by Gasteiger charge is 2.10. The van der Waals surface area contributed by atoms with E-state index in [9.17, 15) is 4.79 Å². The Bertz CT molecular complexity index is 667. The molecule has 128 valence electrons. The van der Waals surface area contributed by atoms with Gasteiger partial charge in [0, 0.05) is 18.8 Å². The van der Waals surface area contributed by atoms with Gasteiger partial charge in [0.15, 0.2) is 5.16 Å². The molecule has 0 fully saturated rings. The molecule has 2 aromatic rings. The van der Waals surface area contributed by atoms with Crippen molar-refractivity contribution < 1.29 is 4.79 Å². The zero-order valence-electron chi connectivity index (χ0n) is 14.0. The minimum Gasteiger partial charge on any atom is -0.357 e. The molecule has 0 aliphatic carbocycles. The van der Waals surface area contributed by atoms with Gasteiger partial charge in [0.2, 0.25) is 17.8 Å². The fourth-order valence-electron chi connectivity index (χ4n) is 1.77. The fourth-order valence-corrected chi connectivity index (χ4v) is 2.40. The number of para-hydroxylation sites is 1. The maximum absolute atomic E-state index is 12.0. The molecule has 1 heterocycles. The molecule has 1 aromatic heterocycles. The molecule has 0 radical (unpaired) electrons. The van der Waals surface area contributed by atoms with Crippen LogP contribution in [0.25, 0.3) is 0 Å². The zero-order valence-corrected chi connectivity index (χ0v) is 14.9. The second kappa shape index (κ2) is 9.07. The summed E-state index contributed by atoms with van der Waals surface area (Å²) in [4.78, 5) is 24.9. The number of nitrogens with one attached hydrogen (secondary N) is 3. The summed E-state index contributed by atoms with van der Waals surface area (Å²) in [5, 5.41) is 9.47. The van der Waals surface area contributed by atoms with Crippen molar-refractivity contribution in [1.82, 2.24) is 15.0 Å². The highest BCUT2D eigenvalue weighted by Crippen LogP contribution is 2.17. The van der Waals surface area contributed by atoms with E-state index in [4.69, 9.17) is 0 Å². The molecule has 1 unspecified atom stereocenters. The number of benzene rings is 1. The number of amides is 1. The molecule has 0 aliphatic rings. The van der Waals surface area contributed by atoms with Gasteiger partial charge < -0.3 is 16.0 Å². The molecule has 3 N–H and O–H groups in total. The summed E-state index contributed by atoms with van der Waals surface area (Å²) in [5.41, 5.74) is 0.772. The van der Waals surface area contributed by atoms with E-state index in [1.165, 1.54) is 11.8 Å². The van der Waals surface area contributed by atoms with Crippen molar-refractivity contribution in [1.29, 1.82) is 0 Å². The summed E-state index contributed by atoms with van der Waals surface area (Å²) in [6.07, 6.45) is 0.961. The van der Waals surface area contributed by atoms with Gasteiger partial charge in [-0.05, 0) is 25.5 Å². The van der Waals surface area contributed by atoms with Crippen LogP contribution >= 0.6 is 11.8 Å². The molecule has 8 heteroatoms. The Morgan fingerprint density at radius 2 is 1.88 bits per heavy atom. The van der Waals surface area contributed by atoms with Crippen molar-refractivity contribution in [3.63, 3.8) is 0 Å². The lowest BCUT2D eigenvalue weighted by Crippen LogP contribution is -2.17. The minimum atomic E-state index is -0.103. The van der Waals surface area contributed by atoms with E-state index < -0.39 is 0 Å². The Kier molecular flexibility index (Phi) is 6.80. The van der Waals surface area contributed by atoms with Crippen LogP contribution in [0.1, 0.15) is 20.3 Å². The standard InChI is InChI=1S/C16H22N6OS/c1-4-11(2)18-15-20-14(17-3)21-16(22-15)24-10-13(23)19-12-8-6-5-7-9-12/h5-9,11H,4,10H2,1-3H3,(H,19,23)(H2,17,18,20,21,22). The zero-order chi connectivity index (χ0) is 17.4. The summed E-state index contributed by atoms with van der Waals surface area (Å²) in [6.45, 7) is 4.14. The largest absolute Gasteiger partial charge is 0.357 e. The monoisotopic (exact) mass is 346 g/mol. The number of hydrogen-bond acceptors (Lipinski definition) is 7. The van der Waals surface area contributed by atoms with Crippen LogP contribution in [0.5, 0.6) is 0 Å². The molecular formula is C16H22N6OS. The van der Waals surface area contributed by atoms with E-state index in [0.29, 0.717) is 17.1 Å². The molecule has 0 spiro atoms. The maximum Gasteiger partial charge on any atom is 0.234 e. The van der Waals surface area contributed by atoms with Gasteiger partial charge in [0.1, 0.15) is 0 Å². The summed E-state index contributed by atoms with van der Waals surface area (Å²) < 4.78 is 0. The summed E-state index contributed by atoms with van der Waals surface area (Å²) in [5.74, 6) is 1.11. The van der Waals surface area contributed by atoms with Crippen LogP contribution in [0.15, 0.2) is 35.5 Å². The summed E-state index contributed by atoms with van der Waals surface area (Å²) >= 11 is 1.27. The quantitative estimate of drug-likeness (QED) is 0.633. The molecule has 0 bridgehead atoms. The summed E-state index contributed by atoms with van der Waals surface area (Å²) in [7, 11) is 1.75. The van der Waals surface area contributed by atoms with Crippen molar-refractivity contribution in [3.05, 3.63) is 30.3 Å². The van der Waals surface area contributed by atoms with Gasteiger partial charge >= 0.3 is 0 Å². The molecule has 1 atom stereocenters. The highest BCUT2D eigenvalue weighted by molar-refractivity contribution is 7.99. The average Bonchev–Trinajstić information content (AvgIpc) is 2.60. The lowest BCUT2D eigenvalue weighted by atomic mass is 10.3. The molecule has 24 heavy (non-hydrogen) atoms. The van der Waals surface area contributed by atoms with Gasteiger partial charge in [0.25, 0.3) is 0 Å². The van der Waals surface area contributed by atoms with Crippen LogP contribution < -0.4 is 16.0 Å². The first-order chi connectivity index (χ1) is 11.6. The number of aromatic nitrogens is 3. The van der Waals surface area contributed by atoms with Crippen LogP contribution in [-0.4, -0.2) is 39.7 Å². The Morgan fingerprint density at radius 3 is 2.54 bits per heavy atom. The fraction of sp³-hybridized carbons (Fsp3) is 0.375. The smallest absolute Gasteiger partial charge is 0.234 e. The van der Waals surface area contributed by atoms with E-state index in [-0.39, 0.29) is 17.7 Å². The van der Waals surface area contributed by atoms with Crippen LogP contribution in [0.3, 0.4) is 0 Å². The molecule has 0 aliphatic heterocycles. The lowest BCUT2D eigenvalue weighted by Gasteiger charge is -2.12. The topological polar surface area (TPSA) is 91.8 Å². The first-order valence-corrected chi connectivity index (χ1v) is 8.77. The molecule has 1 aromatic carbocycles. The highest BCUT2D eigenvalue weighted by atomic mass is 32.2. The Hall–Kier alpha value is -2.35. The van der Waals surface area contributed by atoms with E-state index >= 15 is 0 Å². The normalized spacial score (nSPS) is 11.6.